The lowest BCUT2D eigenvalue weighted by atomic mass is 10.2. The zero-order valence-corrected chi connectivity index (χ0v) is 9.60. The maximum atomic E-state index is 10.8. The monoisotopic (exact) mass is 224 g/mol. The van der Waals surface area contributed by atoms with Gasteiger partial charge in [0, 0.05) is 25.8 Å². The molecule has 6 nitrogen and oxygen atoms in total. The zero-order valence-electron chi connectivity index (χ0n) is 9.60. The number of anilines is 2. The summed E-state index contributed by atoms with van der Waals surface area (Å²) in [6.07, 6.45) is -0.337. The summed E-state index contributed by atoms with van der Waals surface area (Å²) in [4.78, 5) is 12.2. The molecule has 0 saturated heterocycles. The molecule has 0 fully saturated rings. The van der Waals surface area contributed by atoms with Gasteiger partial charge in [-0.2, -0.15) is 0 Å². The first kappa shape index (κ1) is 12.3. The van der Waals surface area contributed by atoms with Gasteiger partial charge in [0.15, 0.2) is 0 Å². The van der Waals surface area contributed by atoms with E-state index in [0.29, 0.717) is 5.69 Å². The van der Waals surface area contributed by atoms with Crippen molar-refractivity contribution in [3.8, 4) is 0 Å². The molecule has 6 heteroatoms. The molecule has 0 radical (unpaired) electrons. The molecule has 0 bridgehead atoms. The molecule has 88 valence electrons. The van der Waals surface area contributed by atoms with Crippen LogP contribution in [0.1, 0.15) is 6.92 Å². The van der Waals surface area contributed by atoms with Crippen LogP contribution in [-0.4, -0.2) is 25.2 Å². The van der Waals surface area contributed by atoms with Crippen LogP contribution in [-0.2, 0) is 0 Å². The number of hydrogen-bond donors (Lipinski definition) is 2. The van der Waals surface area contributed by atoms with E-state index in [9.17, 15) is 10.1 Å². The number of nitro groups is 1. The van der Waals surface area contributed by atoms with E-state index in [1.54, 1.807) is 19.1 Å². The van der Waals surface area contributed by atoms with E-state index in [1.165, 1.54) is 6.07 Å². The van der Waals surface area contributed by atoms with Crippen molar-refractivity contribution in [2.45, 2.75) is 13.1 Å². The van der Waals surface area contributed by atoms with Gasteiger partial charge in [0.1, 0.15) is 5.69 Å². The second-order valence-corrected chi connectivity index (χ2v) is 3.79. The van der Waals surface area contributed by atoms with Crippen LogP contribution in [0.2, 0.25) is 0 Å². The molecule has 0 aromatic heterocycles. The van der Waals surface area contributed by atoms with Gasteiger partial charge in [-0.05, 0) is 19.1 Å². The van der Waals surface area contributed by atoms with Gasteiger partial charge in [0.25, 0.3) is 5.69 Å². The summed E-state index contributed by atoms with van der Waals surface area (Å²) < 4.78 is 0. The van der Waals surface area contributed by atoms with Crippen LogP contribution in [0.5, 0.6) is 0 Å². The van der Waals surface area contributed by atoms with Crippen LogP contribution in [0.25, 0.3) is 0 Å². The van der Waals surface area contributed by atoms with E-state index >= 15 is 0 Å². The predicted molar refractivity (Wildman–Crippen MR) is 64.7 cm³/mol. The van der Waals surface area contributed by atoms with Gasteiger partial charge >= 0.3 is 0 Å². The minimum atomic E-state index is -0.426. The number of benzene rings is 1. The summed E-state index contributed by atoms with van der Waals surface area (Å²) in [5, 5.41) is 13.7. The first-order valence-corrected chi connectivity index (χ1v) is 4.89. The summed E-state index contributed by atoms with van der Waals surface area (Å²) >= 11 is 0. The van der Waals surface area contributed by atoms with Crippen LogP contribution in [0, 0.1) is 10.1 Å². The Kier molecular flexibility index (Phi) is 3.68. The largest absolute Gasteiger partial charge is 0.378 e. The van der Waals surface area contributed by atoms with Gasteiger partial charge in [0.05, 0.1) is 11.1 Å². The molecule has 0 amide bonds. The molecular formula is C10H16N4O2. The number of nitrogens with two attached hydrogens (primary N) is 1. The van der Waals surface area contributed by atoms with E-state index in [-0.39, 0.29) is 11.9 Å². The van der Waals surface area contributed by atoms with Crippen LogP contribution in [0.3, 0.4) is 0 Å². The lowest BCUT2D eigenvalue weighted by Gasteiger charge is -2.16. The lowest BCUT2D eigenvalue weighted by Crippen LogP contribution is -2.25. The summed E-state index contributed by atoms with van der Waals surface area (Å²) in [7, 11) is 3.74. The van der Waals surface area contributed by atoms with Gasteiger partial charge in [-0.3, -0.25) is 10.1 Å². The molecule has 0 saturated carbocycles. The van der Waals surface area contributed by atoms with Gasteiger partial charge in [-0.1, -0.05) is 0 Å². The number of nitrogens with one attached hydrogen (secondary N) is 1. The number of hydrogen-bond acceptors (Lipinski definition) is 5. The van der Waals surface area contributed by atoms with Crippen molar-refractivity contribution in [3.63, 3.8) is 0 Å². The summed E-state index contributed by atoms with van der Waals surface area (Å²) in [6.45, 7) is 1.73. The molecule has 1 atom stereocenters. The Morgan fingerprint density at radius 1 is 1.50 bits per heavy atom. The van der Waals surface area contributed by atoms with E-state index in [4.69, 9.17) is 5.73 Å². The lowest BCUT2D eigenvalue weighted by molar-refractivity contribution is -0.384. The highest BCUT2D eigenvalue weighted by Crippen LogP contribution is 2.28. The van der Waals surface area contributed by atoms with Crippen molar-refractivity contribution in [1.29, 1.82) is 0 Å². The fourth-order valence-electron chi connectivity index (χ4n) is 1.32. The van der Waals surface area contributed by atoms with Gasteiger partial charge in [0.2, 0.25) is 0 Å². The van der Waals surface area contributed by atoms with Crippen LogP contribution in [0.4, 0.5) is 17.1 Å². The highest BCUT2D eigenvalue weighted by atomic mass is 16.6. The fraction of sp³-hybridized carbons (Fsp3) is 0.400. The molecule has 3 N–H and O–H groups in total. The standard InChI is InChI=1S/C10H16N4O2/c1-7(11)12-9-6-8(13(2)3)4-5-10(9)14(15)16/h4-7,12H,11H2,1-3H3. The molecule has 0 aliphatic heterocycles. The Morgan fingerprint density at radius 3 is 2.56 bits per heavy atom. The number of rotatable bonds is 4. The Balaban J connectivity index is 3.15. The van der Waals surface area contributed by atoms with E-state index in [0.717, 1.165) is 5.69 Å². The van der Waals surface area contributed by atoms with E-state index in [2.05, 4.69) is 5.32 Å². The third-order valence-electron chi connectivity index (χ3n) is 2.08. The van der Waals surface area contributed by atoms with Crippen molar-refractivity contribution in [2.24, 2.45) is 5.73 Å². The molecule has 1 aromatic rings. The SMILES string of the molecule is CC(N)Nc1cc(N(C)C)ccc1[N+](=O)[O-]. The fourth-order valence-corrected chi connectivity index (χ4v) is 1.32. The van der Waals surface area contributed by atoms with Crippen molar-refractivity contribution < 1.29 is 4.92 Å². The molecule has 0 spiro atoms. The molecule has 1 unspecified atom stereocenters. The van der Waals surface area contributed by atoms with Crippen molar-refractivity contribution >= 4 is 17.1 Å². The van der Waals surface area contributed by atoms with E-state index < -0.39 is 4.92 Å². The molecule has 1 rings (SSSR count). The van der Waals surface area contributed by atoms with Crippen LogP contribution < -0.4 is 16.0 Å². The van der Waals surface area contributed by atoms with Crippen molar-refractivity contribution in [1.82, 2.24) is 0 Å². The quantitative estimate of drug-likeness (QED) is 0.458. The predicted octanol–water partition coefficient (Wildman–Crippen LogP) is 1.38. The molecule has 0 aliphatic carbocycles. The summed E-state index contributed by atoms with van der Waals surface area (Å²) in [6, 6.07) is 4.88. The van der Waals surface area contributed by atoms with Gasteiger partial charge < -0.3 is 16.0 Å². The second kappa shape index (κ2) is 4.80. The average molecular weight is 224 g/mol. The number of nitrogens with zero attached hydrogens (tertiary/aromatic N) is 2. The Bertz CT molecular complexity index is 390. The van der Waals surface area contributed by atoms with Crippen molar-refractivity contribution in [2.75, 3.05) is 24.3 Å². The van der Waals surface area contributed by atoms with E-state index in [1.807, 2.05) is 19.0 Å². The summed E-state index contributed by atoms with van der Waals surface area (Å²) in [5.74, 6) is 0. The zero-order chi connectivity index (χ0) is 12.3. The first-order chi connectivity index (χ1) is 7.41. The van der Waals surface area contributed by atoms with Gasteiger partial charge in [-0.15, -0.1) is 0 Å². The topological polar surface area (TPSA) is 84.4 Å². The highest BCUT2D eigenvalue weighted by molar-refractivity contribution is 5.69. The smallest absolute Gasteiger partial charge is 0.292 e. The Morgan fingerprint density at radius 2 is 2.12 bits per heavy atom. The number of nitro benzene ring substituents is 1. The Hall–Kier alpha value is -1.82. The first-order valence-electron chi connectivity index (χ1n) is 4.89. The minimum absolute atomic E-state index is 0.0305. The Labute approximate surface area is 94.2 Å². The highest BCUT2D eigenvalue weighted by Gasteiger charge is 2.15. The molecular weight excluding hydrogens is 208 g/mol. The van der Waals surface area contributed by atoms with Gasteiger partial charge in [-0.25, -0.2) is 0 Å². The second-order valence-electron chi connectivity index (χ2n) is 3.79. The summed E-state index contributed by atoms with van der Waals surface area (Å²) in [5.41, 5.74) is 6.92. The molecule has 16 heavy (non-hydrogen) atoms. The third kappa shape index (κ3) is 2.83. The maximum absolute atomic E-state index is 10.8. The average Bonchev–Trinajstić information content (AvgIpc) is 2.15. The maximum Gasteiger partial charge on any atom is 0.292 e. The minimum Gasteiger partial charge on any atom is -0.378 e. The van der Waals surface area contributed by atoms with Crippen molar-refractivity contribution in [3.05, 3.63) is 28.3 Å². The van der Waals surface area contributed by atoms with Crippen LogP contribution >= 0.6 is 0 Å². The molecule has 0 aliphatic rings. The molecule has 1 aromatic carbocycles. The molecule has 0 heterocycles. The van der Waals surface area contributed by atoms with Crippen LogP contribution in [0.15, 0.2) is 18.2 Å². The normalized spacial score (nSPS) is 12.0. The third-order valence-corrected chi connectivity index (χ3v) is 2.08.